The molecule has 1 atom stereocenters. The molecule has 0 aliphatic rings. The van der Waals surface area contributed by atoms with Crippen LogP contribution in [0.4, 0.5) is 4.79 Å². The number of carbonyl (C=O) groups is 2. The minimum Gasteiger partial charge on any atom is -0.449 e. The fourth-order valence-electron chi connectivity index (χ4n) is 1.61. The lowest BCUT2D eigenvalue weighted by Gasteiger charge is -2.13. The number of aldehydes is 1. The van der Waals surface area contributed by atoms with Crippen LogP contribution in [0.3, 0.4) is 0 Å². The van der Waals surface area contributed by atoms with Crippen molar-refractivity contribution >= 4 is 24.1 Å². The van der Waals surface area contributed by atoms with Gasteiger partial charge in [-0.05, 0) is 11.5 Å². The van der Waals surface area contributed by atoms with E-state index in [-0.39, 0.29) is 12.0 Å². The van der Waals surface area contributed by atoms with E-state index < -0.39 is 0 Å². The molecule has 0 unspecified atom stereocenters. The Hall–Kier alpha value is -1.49. The van der Waals surface area contributed by atoms with Crippen LogP contribution >= 0.6 is 11.8 Å². The van der Waals surface area contributed by atoms with E-state index in [2.05, 4.69) is 12.2 Å². The molecule has 1 amide bonds. The molecule has 0 spiro atoms. The van der Waals surface area contributed by atoms with Gasteiger partial charge in [-0.3, -0.25) is 0 Å². The van der Waals surface area contributed by atoms with Crippen molar-refractivity contribution in [3.8, 4) is 0 Å². The van der Waals surface area contributed by atoms with E-state index in [4.69, 9.17) is 4.74 Å². The van der Waals surface area contributed by atoms with Crippen LogP contribution in [0.2, 0.25) is 0 Å². The van der Waals surface area contributed by atoms with E-state index in [1.807, 2.05) is 30.3 Å². The van der Waals surface area contributed by atoms with Gasteiger partial charge in [-0.2, -0.15) is 11.8 Å². The minimum absolute atomic E-state index is 0.255. The molecule has 0 aliphatic heterocycles. The van der Waals surface area contributed by atoms with E-state index in [0.29, 0.717) is 19.6 Å². The molecule has 0 aliphatic carbocycles. The van der Waals surface area contributed by atoms with Crippen molar-refractivity contribution in [3.05, 3.63) is 35.9 Å². The summed E-state index contributed by atoms with van der Waals surface area (Å²) in [5, 5.41) is 2.76. The topological polar surface area (TPSA) is 55.4 Å². The van der Waals surface area contributed by atoms with Crippen molar-refractivity contribution < 1.29 is 14.3 Å². The third-order valence-electron chi connectivity index (χ3n) is 2.76. The van der Waals surface area contributed by atoms with Crippen LogP contribution in [0.25, 0.3) is 0 Å². The molecular formula is C15H21NO3S. The maximum absolute atomic E-state index is 11.5. The maximum atomic E-state index is 11.5. The normalized spacial score (nSPS) is 11.7. The smallest absolute Gasteiger partial charge is 0.407 e. The summed E-state index contributed by atoms with van der Waals surface area (Å²) in [5.41, 5.74) is 1.19. The lowest BCUT2D eigenvalue weighted by atomic mass is 10.0. The molecule has 1 aromatic carbocycles. The van der Waals surface area contributed by atoms with Crippen LogP contribution in [0, 0.1) is 0 Å². The first kappa shape index (κ1) is 16.6. The molecule has 5 heteroatoms. The highest BCUT2D eigenvalue weighted by Crippen LogP contribution is 2.12. The summed E-state index contributed by atoms with van der Waals surface area (Å²) in [5.74, 6) is 1.75. The molecule has 1 aromatic rings. The number of amides is 1. The maximum Gasteiger partial charge on any atom is 0.407 e. The van der Waals surface area contributed by atoms with Crippen molar-refractivity contribution in [3.63, 3.8) is 0 Å². The number of ether oxygens (including phenoxy) is 1. The highest BCUT2D eigenvalue weighted by atomic mass is 32.2. The Bertz CT molecular complexity index is 397. The Labute approximate surface area is 124 Å². The van der Waals surface area contributed by atoms with E-state index in [9.17, 15) is 9.59 Å². The Balaban J connectivity index is 2.09. The van der Waals surface area contributed by atoms with E-state index >= 15 is 0 Å². The van der Waals surface area contributed by atoms with Gasteiger partial charge in [0.25, 0.3) is 0 Å². The fourth-order valence-corrected chi connectivity index (χ4v) is 2.28. The number of thioether (sulfide) groups is 1. The molecule has 1 rings (SSSR count). The van der Waals surface area contributed by atoms with Gasteiger partial charge in [0.1, 0.15) is 12.9 Å². The minimum atomic E-state index is -0.385. The van der Waals surface area contributed by atoms with Crippen LogP contribution < -0.4 is 5.32 Å². The summed E-state index contributed by atoms with van der Waals surface area (Å²) in [6, 6.07) is 10.0. The molecule has 0 heterocycles. The Kier molecular flexibility index (Phi) is 8.54. The number of hydrogen-bond acceptors (Lipinski definition) is 4. The van der Waals surface area contributed by atoms with Gasteiger partial charge >= 0.3 is 6.09 Å². The molecule has 0 fully saturated rings. The second-order valence-corrected chi connectivity index (χ2v) is 5.62. The zero-order chi connectivity index (χ0) is 14.6. The molecule has 110 valence electrons. The van der Waals surface area contributed by atoms with Crippen LogP contribution in [0.15, 0.2) is 30.3 Å². The Morgan fingerprint density at radius 2 is 2.10 bits per heavy atom. The molecule has 20 heavy (non-hydrogen) atoms. The van der Waals surface area contributed by atoms with Gasteiger partial charge in [0.05, 0.1) is 0 Å². The van der Waals surface area contributed by atoms with Crippen molar-refractivity contribution in [1.82, 2.24) is 5.32 Å². The van der Waals surface area contributed by atoms with Gasteiger partial charge < -0.3 is 14.8 Å². The summed E-state index contributed by atoms with van der Waals surface area (Å²) in [4.78, 5) is 21.6. The first-order chi connectivity index (χ1) is 9.74. The first-order valence-corrected chi connectivity index (χ1v) is 7.86. The lowest BCUT2D eigenvalue weighted by molar-refractivity contribution is -0.107. The zero-order valence-electron chi connectivity index (χ0n) is 11.7. The number of carbonyl (C=O) groups excluding carboxylic acids is 2. The van der Waals surface area contributed by atoms with Crippen LogP contribution in [0.1, 0.15) is 24.8 Å². The number of hydrogen-bond donors (Lipinski definition) is 1. The average molecular weight is 295 g/mol. The standard InChI is InChI=1S/C15H21NO3S/c1-13(14-6-3-2-4-7-14)12-16-15(18)19-9-11-20-10-5-8-17/h2-4,6-8,13H,5,9-12H2,1H3,(H,16,18)/t13-/m0/s1. The zero-order valence-corrected chi connectivity index (χ0v) is 12.5. The predicted octanol–water partition coefficient (Wildman–Crippen LogP) is 2.84. The van der Waals surface area contributed by atoms with Crippen molar-refractivity contribution in [2.45, 2.75) is 19.3 Å². The highest BCUT2D eigenvalue weighted by Gasteiger charge is 2.07. The summed E-state index contributed by atoms with van der Waals surface area (Å²) in [7, 11) is 0. The second-order valence-electron chi connectivity index (χ2n) is 4.40. The molecule has 0 aromatic heterocycles. The van der Waals surface area contributed by atoms with E-state index in [1.54, 1.807) is 11.8 Å². The SMILES string of the molecule is C[C@@H](CNC(=O)OCCSCCC=O)c1ccccc1. The highest BCUT2D eigenvalue weighted by molar-refractivity contribution is 7.99. The molecule has 0 saturated carbocycles. The summed E-state index contributed by atoms with van der Waals surface area (Å²) >= 11 is 1.60. The Morgan fingerprint density at radius 1 is 1.35 bits per heavy atom. The van der Waals surface area contributed by atoms with Crippen molar-refractivity contribution in [2.75, 3.05) is 24.7 Å². The third kappa shape index (κ3) is 7.19. The third-order valence-corrected chi connectivity index (χ3v) is 3.74. The molecule has 0 saturated heterocycles. The lowest BCUT2D eigenvalue weighted by Crippen LogP contribution is -2.28. The van der Waals surface area contributed by atoms with Crippen LogP contribution in [0.5, 0.6) is 0 Å². The van der Waals surface area contributed by atoms with Crippen LogP contribution in [-0.4, -0.2) is 37.0 Å². The fraction of sp³-hybridized carbons (Fsp3) is 0.467. The Morgan fingerprint density at radius 3 is 2.80 bits per heavy atom. The number of rotatable bonds is 9. The molecular weight excluding hydrogens is 274 g/mol. The summed E-state index contributed by atoms with van der Waals surface area (Å²) in [6.07, 6.45) is 1.06. The van der Waals surface area contributed by atoms with Gasteiger partial charge in [0.15, 0.2) is 0 Å². The molecule has 1 N–H and O–H groups in total. The van der Waals surface area contributed by atoms with Crippen molar-refractivity contribution in [2.24, 2.45) is 0 Å². The summed E-state index contributed by atoms with van der Waals surface area (Å²) in [6.45, 7) is 2.99. The largest absolute Gasteiger partial charge is 0.449 e. The monoisotopic (exact) mass is 295 g/mol. The first-order valence-electron chi connectivity index (χ1n) is 6.71. The van der Waals surface area contributed by atoms with Gasteiger partial charge in [-0.25, -0.2) is 4.79 Å². The molecule has 0 bridgehead atoms. The summed E-state index contributed by atoms with van der Waals surface area (Å²) < 4.78 is 5.05. The predicted molar refractivity (Wildman–Crippen MR) is 82.2 cm³/mol. The average Bonchev–Trinajstić information content (AvgIpc) is 2.49. The van der Waals surface area contributed by atoms with Gasteiger partial charge in [0, 0.05) is 24.5 Å². The van der Waals surface area contributed by atoms with Crippen molar-refractivity contribution in [1.29, 1.82) is 0 Å². The number of benzene rings is 1. The van der Waals surface area contributed by atoms with Gasteiger partial charge in [-0.1, -0.05) is 37.3 Å². The second kappa shape index (κ2) is 10.3. The molecule has 0 radical (unpaired) electrons. The number of nitrogens with one attached hydrogen (secondary N) is 1. The van der Waals surface area contributed by atoms with Crippen LogP contribution in [-0.2, 0) is 9.53 Å². The van der Waals surface area contributed by atoms with Gasteiger partial charge in [-0.15, -0.1) is 0 Å². The van der Waals surface area contributed by atoms with E-state index in [1.165, 1.54) is 5.56 Å². The number of alkyl carbamates (subject to hydrolysis) is 1. The quantitative estimate of drug-likeness (QED) is 0.562. The molecule has 4 nitrogen and oxygen atoms in total. The van der Waals surface area contributed by atoms with Gasteiger partial charge in [0.2, 0.25) is 0 Å². The van der Waals surface area contributed by atoms with E-state index in [0.717, 1.165) is 17.8 Å².